The van der Waals surface area contributed by atoms with Gasteiger partial charge in [-0.1, -0.05) is 42.4 Å². The molecule has 0 spiro atoms. The predicted molar refractivity (Wildman–Crippen MR) is 109 cm³/mol. The Hall–Kier alpha value is -2.07. The molecule has 1 N–H and O–H groups in total. The number of aliphatic hydroxyl groups excluding tert-OH is 1. The van der Waals surface area contributed by atoms with Gasteiger partial charge in [0, 0.05) is 6.42 Å². The summed E-state index contributed by atoms with van der Waals surface area (Å²) in [6.07, 6.45) is 16.7. The van der Waals surface area contributed by atoms with E-state index in [9.17, 15) is 9.90 Å². The summed E-state index contributed by atoms with van der Waals surface area (Å²) in [5, 5.41) is 9.64. The van der Waals surface area contributed by atoms with Gasteiger partial charge in [-0.25, -0.2) is 4.79 Å². The van der Waals surface area contributed by atoms with Gasteiger partial charge in [-0.3, -0.25) is 0 Å². The molecule has 4 nitrogen and oxygen atoms in total. The molecule has 0 amide bonds. The van der Waals surface area contributed by atoms with Crippen molar-refractivity contribution in [1.29, 1.82) is 0 Å². The summed E-state index contributed by atoms with van der Waals surface area (Å²) in [6.45, 7) is 6.30. The standard InChI is InChI=1S/C23H34O4/c1-18(10-6-12-20(3)16-22(24)23(25)26-4)8-5-9-19(2)11-7-13-21-14-15-27-17-21/h5,8-9,12,14-15,17-18,22,24H,6-7,10-11,13,16H2,1-4H3/b8-5+,19-9+,20-12-/t18?,22-/m0/s1. The molecule has 1 aromatic rings. The van der Waals surface area contributed by atoms with E-state index in [1.807, 2.05) is 19.3 Å². The van der Waals surface area contributed by atoms with Crippen molar-refractivity contribution < 1.29 is 19.1 Å². The highest BCUT2D eigenvalue weighted by Gasteiger charge is 2.15. The Morgan fingerprint density at radius 3 is 2.78 bits per heavy atom. The molecular formula is C23H34O4. The molecule has 0 aliphatic carbocycles. The van der Waals surface area contributed by atoms with Crippen molar-refractivity contribution >= 4 is 5.97 Å². The van der Waals surface area contributed by atoms with E-state index < -0.39 is 12.1 Å². The maximum atomic E-state index is 11.2. The molecule has 1 unspecified atom stereocenters. The average Bonchev–Trinajstić information content (AvgIpc) is 3.14. The third-order valence-corrected chi connectivity index (χ3v) is 4.54. The van der Waals surface area contributed by atoms with Crippen LogP contribution < -0.4 is 0 Å². The molecule has 0 bridgehead atoms. The van der Waals surface area contributed by atoms with Gasteiger partial charge < -0.3 is 14.3 Å². The van der Waals surface area contributed by atoms with Crippen LogP contribution in [-0.4, -0.2) is 24.3 Å². The fraction of sp³-hybridized carbons (Fsp3) is 0.522. The lowest BCUT2D eigenvalue weighted by Crippen LogP contribution is -2.21. The van der Waals surface area contributed by atoms with E-state index >= 15 is 0 Å². The van der Waals surface area contributed by atoms with Crippen molar-refractivity contribution in [2.24, 2.45) is 5.92 Å². The normalized spacial score (nSPS) is 15.1. The highest BCUT2D eigenvalue weighted by atomic mass is 16.5. The van der Waals surface area contributed by atoms with Crippen molar-refractivity contribution in [1.82, 2.24) is 0 Å². The second-order valence-electron chi connectivity index (χ2n) is 7.23. The minimum absolute atomic E-state index is 0.331. The maximum Gasteiger partial charge on any atom is 0.335 e. The van der Waals surface area contributed by atoms with E-state index in [0.717, 1.165) is 37.7 Å². The van der Waals surface area contributed by atoms with Gasteiger partial charge in [0.1, 0.15) is 0 Å². The molecular weight excluding hydrogens is 340 g/mol. The van der Waals surface area contributed by atoms with Gasteiger partial charge in [-0.05, 0) is 63.5 Å². The second kappa shape index (κ2) is 13.2. The van der Waals surface area contributed by atoms with Crippen LogP contribution in [0.3, 0.4) is 0 Å². The number of hydrogen-bond donors (Lipinski definition) is 1. The molecule has 0 fully saturated rings. The van der Waals surface area contributed by atoms with Gasteiger partial charge >= 0.3 is 5.97 Å². The monoisotopic (exact) mass is 374 g/mol. The van der Waals surface area contributed by atoms with E-state index in [0.29, 0.717) is 12.3 Å². The molecule has 27 heavy (non-hydrogen) atoms. The molecule has 0 aliphatic rings. The minimum atomic E-state index is -1.06. The van der Waals surface area contributed by atoms with Crippen LogP contribution in [0.4, 0.5) is 0 Å². The molecule has 0 radical (unpaired) electrons. The topological polar surface area (TPSA) is 59.7 Å². The summed E-state index contributed by atoms with van der Waals surface area (Å²) in [5.74, 6) is -0.0967. The number of aryl methyl sites for hydroxylation is 1. The van der Waals surface area contributed by atoms with Gasteiger partial charge in [-0.2, -0.15) is 0 Å². The summed E-state index contributed by atoms with van der Waals surface area (Å²) in [5.41, 5.74) is 3.65. The number of carbonyl (C=O) groups is 1. The van der Waals surface area contributed by atoms with E-state index in [-0.39, 0.29) is 0 Å². The number of ether oxygens (including phenoxy) is 1. The first-order valence-corrected chi connectivity index (χ1v) is 9.69. The molecule has 1 aromatic heterocycles. The number of furan rings is 1. The smallest absolute Gasteiger partial charge is 0.335 e. The Morgan fingerprint density at radius 2 is 2.11 bits per heavy atom. The predicted octanol–water partition coefficient (Wildman–Crippen LogP) is 5.39. The summed E-state index contributed by atoms with van der Waals surface area (Å²) in [7, 11) is 1.29. The molecule has 0 aromatic carbocycles. The number of esters is 1. The molecule has 1 rings (SSSR count). The van der Waals surface area contributed by atoms with E-state index in [1.165, 1.54) is 18.2 Å². The molecule has 0 saturated carbocycles. The fourth-order valence-corrected chi connectivity index (χ4v) is 2.80. The lowest BCUT2D eigenvalue weighted by Gasteiger charge is -2.09. The Kier molecular flexibility index (Phi) is 11.2. The molecule has 1 heterocycles. The van der Waals surface area contributed by atoms with Crippen molar-refractivity contribution in [3.63, 3.8) is 0 Å². The zero-order valence-electron chi connectivity index (χ0n) is 17.1. The lowest BCUT2D eigenvalue weighted by molar-refractivity contribution is -0.150. The second-order valence-corrected chi connectivity index (χ2v) is 7.23. The first-order valence-electron chi connectivity index (χ1n) is 9.69. The highest BCUT2D eigenvalue weighted by molar-refractivity contribution is 5.74. The van der Waals surface area contributed by atoms with Crippen LogP contribution >= 0.6 is 0 Å². The van der Waals surface area contributed by atoms with Crippen LogP contribution in [0, 0.1) is 5.92 Å². The molecule has 0 aliphatic heterocycles. The first kappa shape index (κ1) is 23.0. The average molecular weight is 375 g/mol. The lowest BCUT2D eigenvalue weighted by atomic mass is 10.0. The molecule has 2 atom stereocenters. The summed E-state index contributed by atoms with van der Waals surface area (Å²) in [4.78, 5) is 11.2. The number of rotatable bonds is 12. The number of carbonyl (C=O) groups excluding carboxylic acids is 1. The van der Waals surface area contributed by atoms with Gasteiger partial charge in [0.25, 0.3) is 0 Å². The van der Waals surface area contributed by atoms with E-state index in [2.05, 4.69) is 42.9 Å². The maximum absolute atomic E-state index is 11.2. The zero-order chi connectivity index (χ0) is 20.1. The molecule has 4 heteroatoms. The van der Waals surface area contributed by atoms with Crippen molar-refractivity contribution in [2.45, 2.75) is 65.4 Å². The van der Waals surface area contributed by atoms with Crippen LogP contribution in [0.25, 0.3) is 0 Å². The summed E-state index contributed by atoms with van der Waals surface area (Å²) in [6, 6.07) is 2.02. The fourth-order valence-electron chi connectivity index (χ4n) is 2.80. The van der Waals surface area contributed by atoms with E-state index in [1.54, 1.807) is 6.26 Å². The molecule has 0 saturated heterocycles. The Balaban J connectivity index is 2.24. The van der Waals surface area contributed by atoms with Crippen LogP contribution in [0.1, 0.15) is 58.4 Å². The van der Waals surface area contributed by atoms with Gasteiger partial charge in [0.2, 0.25) is 0 Å². The number of hydrogen-bond acceptors (Lipinski definition) is 4. The van der Waals surface area contributed by atoms with Crippen LogP contribution in [0.5, 0.6) is 0 Å². The first-order chi connectivity index (χ1) is 12.9. The third kappa shape index (κ3) is 10.6. The van der Waals surface area contributed by atoms with Crippen LogP contribution in [0.15, 0.2) is 58.5 Å². The Bertz CT molecular complexity index is 623. The Morgan fingerprint density at radius 1 is 1.33 bits per heavy atom. The summed E-state index contributed by atoms with van der Waals surface area (Å²) < 4.78 is 9.61. The van der Waals surface area contributed by atoms with Crippen LogP contribution in [-0.2, 0) is 16.0 Å². The van der Waals surface area contributed by atoms with Crippen molar-refractivity contribution in [3.8, 4) is 0 Å². The summed E-state index contributed by atoms with van der Waals surface area (Å²) >= 11 is 0. The van der Waals surface area contributed by atoms with Crippen LogP contribution in [0.2, 0.25) is 0 Å². The zero-order valence-corrected chi connectivity index (χ0v) is 17.1. The number of allylic oxidation sites excluding steroid dienone is 5. The third-order valence-electron chi connectivity index (χ3n) is 4.54. The molecule has 150 valence electrons. The van der Waals surface area contributed by atoms with E-state index in [4.69, 9.17) is 4.42 Å². The van der Waals surface area contributed by atoms with Gasteiger partial charge in [0.05, 0.1) is 19.6 Å². The minimum Gasteiger partial charge on any atom is -0.472 e. The SMILES string of the molecule is COC(=O)[C@@H](O)C/C(C)=C\CCC(C)/C=C/C=C(\C)CCCc1ccoc1. The van der Waals surface area contributed by atoms with Gasteiger partial charge in [-0.15, -0.1) is 0 Å². The van der Waals surface area contributed by atoms with Crippen molar-refractivity contribution in [3.05, 3.63) is 59.6 Å². The van der Waals surface area contributed by atoms with Crippen molar-refractivity contribution in [2.75, 3.05) is 7.11 Å². The number of aliphatic hydroxyl groups is 1. The Labute approximate surface area is 163 Å². The quantitative estimate of drug-likeness (QED) is 0.303. The number of methoxy groups -OCH3 is 1. The largest absolute Gasteiger partial charge is 0.472 e. The van der Waals surface area contributed by atoms with Gasteiger partial charge in [0.15, 0.2) is 6.10 Å². The highest BCUT2D eigenvalue weighted by Crippen LogP contribution is 2.14.